The van der Waals surface area contributed by atoms with Gasteiger partial charge in [0.15, 0.2) is 0 Å². The smallest absolute Gasteiger partial charge is 0.0631 e. The number of ether oxygens (including phenoxy) is 1. The molecule has 0 aromatic carbocycles. The van der Waals surface area contributed by atoms with Crippen LogP contribution < -0.4 is 0 Å². The lowest BCUT2D eigenvalue weighted by atomic mass is 9.94. The van der Waals surface area contributed by atoms with Crippen molar-refractivity contribution in [1.29, 1.82) is 0 Å². The van der Waals surface area contributed by atoms with Crippen LogP contribution in [0.4, 0.5) is 0 Å². The first-order valence-corrected chi connectivity index (χ1v) is 4.47. The number of hydrogen-bond donors (Lipinski definition) is 1. The fraction of sp³-hybridized carbons (Fsp3) is 0.800. The Morgan fingerprint density at radius 3 is 2.50 bits per heavy atom. The highest BCUT2D eigenvalue weighted by Crippen LogP contribution is 2.18. The van der Waals surface area contributed by atoms with Gasteiger partial charge in [-0.05, 0) is 13.3 Å². The average Bonchev–Trinajstić information content (AvgIpc) is 2.07. The Bertz CT molecular complexity index is 137. The van der Waals surface area contributed by atoms with Crippen LogP contribution in [-0.4, -0.2) is 24.9 Å². The molecular weight excluding hydrogens is 152 g/mol. The third-order valence-corrected chi connectivity index (χ3v) is 2.39. The van der Waals surface area contributed by atoms with Crippen molar-refractivity contribution in [1.82, 2.24) is 0 Å². The standard InChI is InChI=1S/C10H20O2/c1-5-10(12-4)9(3)8(2)6-7-11/h6,9-11H,5,7H2,1-4H3/b8-6+. The normalized spacial score (nSPS) is 17.6. The summed E-state index contributed by atoms with van der Waals surface area (Å²) in [5.74, 6) is 0.396. The number of aliphatic hydroxyl groups is 1. The Balaban J connectivity index is 4.14. The molecule has 0 amide bonds. The molecule has 1 N–H and O–H groups in total. The van der Waals surface area contributed by atoms with Gasteiger partial charge in [-0.2, -0.15) is 0 Å². The first-order chi connectivity index (χ1) is 5.67. The van der Waals surface area contributed by atoms with E-state index in [2.05, 4.69) is 13.8 Å². The summed E-state index contributed by atoms with van der Waals surface area (Å²) in [5.41, 5.74) is 1.20. The lowest BCUT2D eigenvalue weighted by molar-refractivity contribution is 0.0675. The largest absolute Gasteiger partial charge is 0.392 e. The highest BCUT2D eigenvalue weighted by Gasteiger charge is 2.15. The van der Waals surface area contributed by atoms with Crippen LogP contribution in [0.25, 0.3) is 0 Å². The summed E-state index contributed by atoms with van der Waals surface area (Å²) < 4.78 is 5.31. The second-order valence-corrected chi connectivity index (χ2v) is 3.10. The van der Waals surface area contributed by atoms with Gasteiger partial charge in [0.1, 0.15) is 0 Å². The van der Waals surface area contributed by atoms with E-state index >= 15 is 0 Å². The van der Waals surface area contributed by atoms with Gasteiger partial charge in [0.25, 0.3) is 0 Å². The molecule has 0 aliphatic rings. The maximum atomic E-state index is 8.70. The molecule has 0 saturated heterocycles. The molecule has 0 fully saturated rings. The second-order valence-electron chi connectivity index (χ2n) is 3.10. The maximum Gasteiger partial charge on any atom is 0.0631 e. The summed E-state index contributed by atoms with van der Waals surface area (Å²) in [7, 11) is 1.73. The molecule has 2 heteroatoms. The number of hydrogen-bond acceptors (Lipinski definition) is 2. The Hall–Kier alpha value is -0.340. The van der Waals surface area contributed by atoms with E-state index in [0.29, 0.717) is 5.92 Å². The molecule has 0 spiro atoms. The van der Waals surface area contributed by atoms with Crippen LogP contribution >= 0.6 is 0 Å². The third-order valence-electron chi connectivity index (χ3n) is 2.39. The SMILES string of the molecule is CCC(OC)C(C)/C(C)=C/CO. The lowest BCUT2D eigenvalue weighted by Crippen LogP contribution is -2.20. The Morgan fingerprint density at radius 2 is 2.17 bits per heavy atom. The zero-order valence-electron chi connectivity index (χ0n) is 8.50. The second kappa shape index (κ2) is 6.21. The van der Waals surface area contributed by atoms with E-state index in [0.717, 1.165) is 6.42 Å². The summed E-state index contributed by atoms with van der Waals surface area (Å²) in [6.07, 6.45) is 3.12. The van der Waals surface area contributed by atoms with Gasteiger partial charge in [0.05, 0.1) is 12.7 Å². The van der Waals surface area contributed by atoms with Crippen LogP contribution in [-0.2, 0) is 4.74 Å². The molecule has 2 atom stereocenters. The lowest BCUT2D eigenvalue weighted by Gasteiger charge is -2.21. The predicted octanol–water partition coefficient (Wildman–Crippen LogP) is 1.99. The average molecular weight is 172 g/mol. The topological polar surface area (TPSA) is 29.5 Å². The van der Waals surface area contributed by atoms with Crippen LogP contribution in [0.1, 0.15) is 27.2 Å². The number of aliphatic hydroxyl groups excluding tert-OH is 1. The predicted molar refractivity (Wildman–Crippen MR) is 51.1 cm³/mol. The summed E-state index contributed by atoms with van der Waals surface area (Å²) in [6, 6.07) is 0. The van der Waals surface area contributed by atoms with Gasteiger partial charge < -0.3 is 9.84 Å². The van der Waals surface area contributed by atoms with Crippen molar-refractivity contribution >= 4 is 0 Å². The molecule has 0 aliphatic heterocycles. The van der Waals surface area contributed by atoms with Crippen LogP contribution in [0.5, 0.6) is 0 Å². The fourth-order valence-electron chi connectivity index (χ4n) is 1.35. The van der Waals surface area contributed by atoms with Gasteiger partial charge >= 0.3 is 0 Å². The summed E-state index contributed by atoms with van der Waals surface area (Å²) in [6.45, 7) is 6.38. The van der Waals surface area contributed by atoms with Gasteiger partial charge in [0.2, 0.25) is 0 Å². The zero-order chi connectivity index (χ0) is 9.56. The van der Waals surface area contributed by atoms with Gasteiger partial charge in [-0.1, -0.05) is 25.5 Å². The van der Waals surface area contributed by atoms with Crippen molar-refractivity contribution < 1.29 is 9.84 Å². The van der Waals surface area contributed by atoms with E-state index in [1.807, 2.05) is 13.0 Å². The molecule has 0 aromatic heterocycles. The molecule has 0 rings (SSSR count). The summed E-state index contributed by atoms with van der Waals surface area (Å²) >= 11 is 0. The molecule has 0 bridgehead atoms. The van der Waals surface area contributed by atoms with Crippen molar-refractivity contribution in [3.8, 4) is 0 Å². The van der Waals surface area contributed by atoms with Crippen molar-refractivity contribution in [2.45, 2.75) is 33.3 Å². The highest BCUT2D eigenvalue weighted by atomic mass is 16.5. The molecule has 2 nitrogen and oxygen atoms in total. The maximum absolute atomic E-state index is 8.70. The summed E-state index contributed by atoms with van der Waals surface area (Å²) in [5, 5.41) is 8.70. The number of methoxy groups -OCH3 is 1. The molecule has 0 radical (unpaired) electrons. The fourth-order valence-corrected chi connectivity index (χ4v) is 1.35. The molecule has 2 unspecified atom stereocenters. The van der Waals surface area contributed by atoms with Gasteiger partial charge in [-0.3, -0.25) is 0 Å². The first-order valence-electron chi connectivity index (χ1n) is 4.47. The number of rotatable bonds is 5. The van der Waals surface area contributed by atoms with Crippen LogP contribution in [0.3, 0.4) is 0 Å². The van der Waals surface area contributed by atoms with Crippen LogP contribution in [0, 0.1) is 5.92 Å². The minimum atomic E-state index is 0.121. The van der Waals surface area contributed by atoms with Crippen molar-refractivity contribution in [2.24, 2.45) is 5.92 Å². The molecule has 0 aliphatic carbocycles. The van der Waals surface area contributed by atoms with Crippen molar-refractivity contribution in [3.63, 3.8) is 0 Å². The Morgan fingerprint density at radius 1 is 1.58 bits per heavy atom. The third kappa shape index (κ3) is 3.37. The van der Waals surface area contributed by atoms with E-state index < -0.39 is 0 Å². The van der Waals surface area contributed by atoms with Gasteiger partial charge in [0, 0.05) is 13.0 Å². The monoisotopic (exact) mass is 172 g/mol. The van der Waals surface area contributed by atoms with E-state index in [9.17, 15) is 0 Å². The quantitative estimate of drug-likeness (QED) is 0.643. The molecule has 0 heterocycles. The van der Waals surface area contributed by atoms with E-state index in [1.165, 1.54) is 5.57 Å². The minimum Gasteiger partial charge on any atom is -0.392 e. The van der Waals surface area contributed by atoms with Crippen molar-refractivity contribution in [3.05, 3.63) is 11.6 Å². The highest BCUT2D eigenvalue weighted by molar-refractivity contribution is 5.04. The molecular formula is C10H20O2. The minimum absolute atomic E-state index is 0.121. The van der Waals surface area contributed by atoms with Crippen molar-refractivity contribution in [2.75, 3.05) is 13.7 Å². The van der Waals surface area contributed by atoms with E-state index in [4.69, 9.17) is 9.84 Å². The Labute approximate surface area is 75.2 Å². The van der Waals surface area contributed by atoms with E-state index in [1.54, 1.807) is 7.11 Å². The van der Waals surface area contributed by atoms with Crippen LogP contribution in [0.2, 0.25) is 0 Å². The Kier molecular flexibility index (Phi) is 6.03. The van der Waals surface area contributed by atoms with Gasteiger partial charge in [-0.15, -0.1) is 0 Å². The van der Waals surface area contributed by atoms with Crippen LogP contribution in [0.15, 0.2) is 11.6 Å². The molecule has 72 valence electrons. The van der Waals surface area contributed by atoms with E-state index in [-0.39, 0.29) is 12.7 Å². The molecule has 0 aromatic rings. The molecule has 12 heavy (non-hydrogen) atoms. The summed E-state index contributed by atoms with van der Waals surface area (Å²) in [4.78, 5) is 0. The zero-order valence-corrected chi connectivity index (χ0v) is 8.50. The van der Waals surface area contributed by atoms with Gasteiger partial charge in [-0.25, -0.2) is 0 Å². The molecule has 0 saturated carbocycles. The first kappa shape index (κ1) is 11.7.